The van der Waals surface area contributed by atoms with Crippen molar-refractivity contribution in [3.63, 3.8) is 0 Å². The van der Waals surface area contributed by atoms with Crippen LogP contribution in [-0.2, 0) is 22.4 Å². The van der Waals surface area contributed by atoms with Gasteiger partial charge in [-0.1, -0.05) is 0 Å². The number of carbonyl (C=O) groups is 2. The van der Waals surface area contributed by atoms with Crippen LogP contribution in [0.15, 0.2) is 6.07 Å². The highest BCUT2D eigenvalue weighted by Gasteiger charge is 2.27. The highest BCUT2D eigenvalue weighted by molar-refractivity contribution is 7.14. The molecule has 0 bridgehead atoms. The summed E-state index contributed by atoms with van der Waals surface area (Å²) in [6.07, 6.45) is 2.45. The van der Waals surface area contributed by atoms with Crippen molar-refractivity contribution < 1.29 is 14.3 Å². The van der Waals surface area contributed by atoms with Crippen LogP contribution in [0.2, 0.25) is 0 Å². The van der Waals surface area contributed by atoms with E-state index in [1.807, 2.05) is 6.07 Å². The maximum Gasteiger partial charge on any atom is 0.263 e. The molecule has 116 valence electrons. The van der Waals surface area contributed by atoms with E-state index in [1.165, 1.54) is 4.88 Å². The Morgan fingerprint density at radius 2 is 2.24 bits per heavy atom. The van der Waals surface area contributed by atoms with E-state index in [-0.39, 0.29) is 17.7 Å². The molecule has 0 aliphatic heterocycles. The molecule has 1 heterocycles. The van der Waals surface area contributed by atoms with Gasteiger partial charge in [-0.05, 0) is 30.9 Å². The SMILES string of the molecule is COCCNC(=O)[C@H]1CCc2sc(C(=O)N(C)C)cc2C1. The fourth-order valence-electron chi connectivity index (χ4n) is 2.49. The Morgan fingerprint density at radius 3 is 2.90 bits per heavy atom. The molecule has 0 radical (unpaired) electrons. The molecule has 0 saturated heterocycles. The average Bonchev–Trinajstić information content (AvgIpc) is 2.89. The van der Waals surface area contributed by atoms with Crippen molar-refractivity contribution in [1.82, 2.24) is 10.2 Å². The lowest BCUT2D eigenvalue weighted by atomic mass is 9.88. The summed E-state index contributed by atoms with van der Waals surface area (Å²) in [6.45, 7) is 1.08. The van der Waals surface area contributed by atoms with Gasteiger partial charge >= 0.3 is 0 Å². The van der Waals surface area contributed by atoms with Crippen molar-refractivity contribution in [2.75, 3.05) is 34.4 Å². The third kappa shape index (κ3) is 3.83. The average molecular weight is 310 g/mol. The molecule has 0 aromatic carbocycles. The maximum absolute atomic E-state index is 12.1. The number of rotatable bonds is 5. The molecule has 5 nitrogen and oxygen atoms in total. The first-order valence-corrected chi connectivity index (χ1v) is 7.94. The molecule has 2 amide bonds. The zero-order chi connectivity index (χ0) is 15.4. The van der Waals surface area contributed by atoms with Gasteiger partial charge in [0.1, 0.15) is 0 Å². The molecule has 0 spiro atoms. The topological polar surface area (TPSA) is 58.6 Å². The zero-order valence-corrected chi connectivity index (χ0v) is 13.6. The summed E-state index contributed by atoms with van der Waals surface area (Å²) in [6, 6.07) is 1.96. The van der Waals surface area contributed by atoms with Crippen molar-refractivity contribution in [2.45, 2.75) is 19.3 Å². The molecule has 0 unspecified atom stereocenters. The second-order valence-electron chi connectivity index (χ2n) is 5.48. The predicted octanol–water partition coefficient (Wildman–Crippen LogP) is 1.32. The summed E-state index contributed by atoms with van der Waals surface area (Å²) in [4.78, 5) is 27.7. The van der Waals surface area contributed by atoms with Gasteiger partial charge in [-0.3, -0.25) is 9.59 Å². The highest BCUT2D eigenvalue weighted by atomic mass is 32.1. The van der Waals surface area contributed by atoms with Gasteiger partial charge in [0.2, 0.25) is 5.91 Å². The van der Waals surface area contributed by atoms with Crippen LogP contribution < -0.4 is 5.32 Å². The van der Waals surface area contributed by atoms with E-state index in [0.29, 0.717) is 13.2 Å². The van der Waals surface area contributed by atoms with Crippen molar-refractivity contribution in [3.05, 3.63) is 21.4 Å². The molecule has 0 saturated carbocycles. The lowest BCUT2D eigenvalue weighted by molar-refractivity contribution is -0.125. The van der Waals surface area contributed by atoms with Gasteiger partial charge in [-0.25, -0.2) is 0 Å². The first kappa shape index (κ1) is 16.0. The molecule has 6 heteroatoms. The third-order valence-corrected chi connectivity index (χ3v) is 4.90. The largest absolute Gasteiger partial charge is 0.383 e. The Hall–Kier alpha value is -1.40. The fourth-order valence-corrected chi connectivity index (χ4v) is 3.72. The quantitative estimate of drug-likeness (QED) is 0.835. The smallest absolute Gasteiger partial charge is 0.263 e. The molecule has 1 atom stereocenters. The first-order valence-electron chi connectivity index (χ1n) is 7.12. The second-order valence-corrected chi connectivity index (χ2v) is 6.62. The number of thiophene rings is 1. The van der Waals surface area contributed by atoms with E-state index < -0.39 is 0 Å². The minimum absolute atomic E-state index is 0.00580. The van der Waals surface area contributed by atoms with E-state index >= 15 is 0 Å². The molecular formula is C15H22N2O3S. The van der Waals surface area contributed by atoms with Crippen molar-refractivity contribution in [3.8, 4) is 0 Å². The summed E-state index contributed by atoms with van der Waals surface area (Å²) >= 11 is 1.56. The molecule has 1 aromatic rings. The molecule has 21 heavy (non-hydrogen) atoms. The Bertz CT molecular complexity index is 525. The fraction of sp³-hybridized carbons (Fsp3) is 0.600. The molecule has 1 aliphatic rings. The Labute approximate surface area is 129 Å². The summed E-state index contributed by atoms with van der Waals surface area (Å²) in [7, 11) is 5.13. The van der Waals surface area contributed by atoms with E-state index in [2.05, 4.69) is 5.32 Å². The Kier molecular flexibility index (Phi) is 5.36. The van der Waals surface area contributed by atoms with E-state index in [0.717, 1.165) is 29.7 Å². The van der Waals surface area contributed by atoms with Gasteiger partial charge in [0.05, 0.1) is 11.5 Å². The zero-order valence-electron chi connectivity index (χ0n) is 12.8. The van der Waals surface area contributed by atoms with Crippen LogP contribution >= 0.6 is 11.3 Å². The monoisotopic (exact) mass is 310 g/mol. The van der Waals surface area contributed by atoms with Gasteiger partial charge in [0.25, 0.3) is 5.91 Å². The highest BCUT2D eigenvalue weighted by Crippen LogP contribution is 2.32. The minimum atomic E-state index is 0.00580. The van der Waals surface area contributed by atoms with Crippen LogP contribution in [0.4, 0.5) is 0 Å². The van der Waals surface area contributed by atoms with Gasteiger partial charge < -0.3 is 15.0 Å². The van der Waals surface area contributed by atoms with Gasteiger partial charge in [0.15, 0.2) is 0 Å². The van der Waals surface area contributed by atoms with Crippen LogP contribution in [0.5, 0.6) is 0 Å². The molecule has 1 aromatic heterocycles. The number of hydrogen-bond acceptors (Lipinski definition) is 4. The number of methoxy groups -OCH3 is 1. The number of nitrogens with zero attached hydrogens (tertiary/aromatic N) is 1. The number of aryl methyl sites for hydroxylation is 1. The van der Waals surface area contributed by atoms with Crippen molar-refractivity contribution in [2.24, 2.45) is 5.92 Å². The summed E-state index contributed by atoms with van der Waals surface area (Å²) < 4.78 is 4.93. The number of nitrogens with one attached hydrogen (secondary N) is 1. The van der Waals surface area contributed by atoms with Crippen LogP contribution in [0.1, 0.15) is 26.5 Å². The van der Waals surface area contributed by atoms with Gasteiger partial charge in [0, 0.05) is 38.5 Å². The van der Waals surface area contributed by atoms with Gasteiger partial charge in [-0.2, -0.15) is 0 Å². The van der Waals surface area contributed by atoms with E-state index in [1.54, 1.807) is 37.4 Å². The first-order chi connectivity index (χ1) is 10.0. The third-order valence-electron chi connectivity index (χ3n) is 3.68. The molecular weight excluding hydrogens is 288 g/mol. The number of carbonyl (C=O) groups excluding carboxylic acids is 2. The van der Waals surface area contributed by atoms with Crippen LogP contribution in [-0.4, -0.2) is 51.1 Å². The number of ether oxygens (including phenoxy) is 1. The van der Waals surface area contributed by atoms with E-state index in [9.17, 15) is 9.59 Å². The lowest BCUT2D eigenvalue weighted by Crippen LogP contribution is -2.35. The number of fused-ring (bicyclic) bond motifs is 1. The Morgan fingerprint density at radius 1 is 1.48 bits per heavy atom. The van der Waals surface area contributed by atoms with E-state index in [4.69, 9.17) is 4.74 Å². The van der Waals surface area contributed by atoms with Crippen LogP contribution in [0.25, 0.3) is 0 Å². The number of amides is 2. The normalized spacial score (nSPS) is 17.2. The maximum atomic E-state index is 12.1. The van der Waals surface area contributed by atoms with Crippen molar-refractivity contribution >= 4 is 23.2 Å². The van der Waals surface area contributed by atoms with Crippen molar-refractivity contribution in [1.29, 1.82) is 0 Å². The number of hydrogen-bond donors (Lipinski definition) is 1. The second kappa shape index (κ2) is 7.04. The predicted molar refractivity (Wildman–Crippen MR) is 82.7 cm³/mol. The summed E-state index contributed by atoms with van der Waals surface area (Å²) in [5, 5.41) is 2.90. The summed E-state index contributed by atoms with van der Waals surface area (Å²) in [5.41, 5.74) is 1.16. The molecule has 1 N–H and O–H groups in total. The Balaban J connectivity index is 2.00. The van der Waals surface area contributed by atoms with Crippen LogP contribution in [0.3, 0.4) is 0 Å². The lowest BCUT2D eigenvalue weighted by Gasteiger charge is -2.21. The molecule has 2 rings (SSSR count). The molecule has 1 aliphatic carbocycles. The standard InChI is InChI=1S/C15H22N2O3S/c1-17(2)15(19)13-9-11-8-10(4-5-12(11)21-13)14(18)16-6-7-20-3/h9-10H,4-8H2,1-3H3,(H,16,18)/t10-/m0/s1. The minimum Gasteiger partial charge on any atom is -0.383 e. The summed E-state index contributed by atoms with van der Waals surface area (Å²) in [5.74, 6) is 0.131. The molecule has 0 fully saturated rings. The van der Waals surface area contributed by atoms with Gasteiger partial charge in [-0.15, -0.1) is 11.3 Å². The van der Waals surface area contributed by atoms with Crippen LogP contribution in [0, 0.1) is 5.92 Å².